The van der Waals surface area contributed by atoms with Crippen molar-refractivity contribution in [3.8, 4) is 0 Å². The average Bonchev–Trinajstić information content (AvgIpc) is 2.77. The van der Waals surface area contributed by atoms with Gasteiger partial charge >= 0.3 is 0 Å². The summed E-state index contributed by atoms with van der Waals surface area (Å²) in [5.74, 6) is -0.657. The van der Waals surface area contributed by atoms with E-state index in [1.54, 1.807) is 12.3 Å². The molecule has 1 aromatic carbocycles. The summed E-state index contributed by atoms with van der Waals surface area (Å²) in [5.41, 5.74) is 6.30. The molecule has 0 spiro atoms. The molecule has 0 bridgehead atoms. The number of benzene rings is 1. The van der Waals surface area contributed by atoms with Crippen molar-refractivity contribution in [3.63, 3.8) is 0 Å². The molecular formula is C11H11FN4O. The Morgan fingerprint density at radius 1 is 1.47 bits per heavy atom. The maximum atomic E-state index is 12.9. The highest BCUT2D eigenvalue weighted by molar-refractivity contribution is 5.95. The molecule has 0 amide bonds. The van der Waals surface area contributed by atoms with Gasteiger partial charge < -0.3 is 5.73 Å². The number of rotatable bonds is 4. The molecule has 0 aliphatic rings. The summed E-state index contributed by atoms with van der Waals surface area (Å²) in [5, 5.41) is 7.51. The second-order valence-corrected chi connectivity index (χ2v) is 3.55. The molecule has 0 atom stereocenters. The van der Waals surface area contributed by atoms with Gasteiger partial charge in [-0.25, -0.2) is 9.07 Å². The Morgan fingerprint density at radius 2 is 2.29 bits per heavy atom. The number of hydrogen-bond acceptors (Lipinski definition) is 4. The number of hydrogen-bond donors (Lipinski definition) is 1. The third kappa shape index (κ3) is 2.73. The third-order valence-electron chi connectivity index (χ3n) is 2.25. The maximum Gasteiger partial charge on any atom is 0.184 e. The minimum Gasteiger partial charge on any atom is -0.325 e. The molecule has 2 rings (SSSR count). The van der Waals surface area contributed by atoms with Crippen LogP contribution in [0.5, 0.6) is 0 Å². The van der Waals surface area contributed by atoms with Crippen molar-refractivity contribution >= 4 is 5.78 Å². The molecule has 0 unspecified atom stereocenters. The third-order valence-corrected chi connectivity index (χ3v) is 2.25. The Hall–Kier alpha value is -2.08. The number of nitrogens with zero attached hydrogens (tertiary/aromatic N) is 3. The zero-order valence-electron chi connectivity index (χ0n) is 9.01. The number of ketones is 1. The molecule has 1 heterocycles. The normalized spacial score (nSPS) is 10.5. The van der Waals surface area contributed by atoms with Crippen LogP contribution in [0.3, 0.4) is 0 Å². The van der Waals surface area contributed by atoms with Crippen molar-refractivity contribution < 1.29 is 9.18 Å². The highest BCUT2D eigenvalue weighted by Gasteiger charge is 2.09. The van der Waals surface area contributed by atoms with Gasteiger partial charge in [0.2, 0.25) is 0 Å². The van der Waals surface area contributed by atoms with Crippen LogP contribution in [0.15, 0.2) is 30.5 Å². The van der Waals surface area contributed by atoms with Gasteiger partial charge in [0, 0.05) is 12.1 Å². The van der Waals surface area contributed by atoms with Gasteiger partial charge in [-0.1, -0.05) is 17.3 Å². The Bertz CT molecular complexity index is 538. The van der Waals surface area contributed by atoms with E-state index in [9.17, 15) is 9.18 Å². The SMILES string of the molecule is NCc1cn(CC(=O)c2cccc(F)c2)nn1. The monoisotopic (exact) mass is 234 g/mol. The molecule has 0 aliphatic heterocycles. The quantitative estimate of drug-likeness (QED) is 0.792. The molecule has 0 saturated heterocycles. The zero-order valence-corrected chi connectivity index (χ0v) is 9.01. The highest BCUT2D eigenvalue weighted by atomic mass is 19.1. The molecule has 5 nitrogen and oxygen atoms in total. The maximum absolute atomic E-state index is 12.9. The summed E-state index contributed by atoms with van der Waals surface area (Å²) < 4.78 is 14.3. The van der Waals surface area contributed by atoms with E-state index < -0.39 is 5.82 Å². The first-order chi connectivity index (χ1) is 8.19. The van der Waals surface area contributed by atoms with Crippen molar-refractivity contribution in [2.24, 2.45) is 5.73 Å². The molecule has 6 heteroatoms. The van der Waals surface area contributed by atoms with Crippen molar-refractivity contribution in [2.45, 2.75) is 13.1 Å². The van der Waals surface area contributed by atoms with E-state index in [1.165, 1.54) is 22.9 Å². The lowest BCUT2D eigenvalue weighted by molar-refractivity contribution is 0.0966. The summed E-state index contributed by atoms with van der Waals surface area (Å²) in [6.45, 7) is 0.296. The Kier molecular flexibility index (Phi) is 3.24. The topological polar surface area (TPSA) is 73.8 Å². The standard InChI is InChI=1S/C11H11FN4O/c12-9-3-1-2-8(4-9)11(17)7-16-6-10(5-13)14-15-16/h1-4,6H,5,7,13H2. The lowest BCUT2D eigenvalue weighted by Crippen LogP contribution is -2.11. The molecule has 2 N–H and O–H groups in total. The smallest absolute Gasteiger partial charge is 0.184 e. The summed E-state index contributed by atoms with van der Waals surface area (Å²) >= 11 is 0. The minimum absolute atomic E-state index is 0.0243. The van der Waals surface area contributed by atoms with Crippen LogP contribution in [0.25, 0.3) is 0 Å². The van der Waals surface area contributed by atoms with Crippen molar-refractivity contribution in [2.75, 3.05) is 0 Å². The van der Waals surface area contributed by atoms with Gasteiger partial charge in [0.05, 0.1) is 11.9 Å². The molecule has 88 valence electrons. The van der Waals surface area contributed by atoms with Gasteiger partial charge in [0.1, 0.15) is 12.4 Å². The predicted octanol–water partition coefficient (Wildman–Crippen LogP) is 0.759. The Balaban J connectivity index is 2.11. The highest BCUT2D eigenvalue weighted by Crippen LogP contribution is 2.05. The molecule has 17 heavy (non-hydrogen) atoms. The molecule has 0 fully saturated rings. The zero-order chi connectivity index (χ0) is 12.3. The summed E-state index contributed by atoms with van der Waals surface area (Å²) in [6.07, 6.45) is 1.59. The minimum atomic E-state index is -0.433. The average molecular weight is 234 g/mol. The Labute approximate surface area is 97.0 Å². The van der Waals surface area contributed by atoms with E-state index in [2.05, 4.69) is 10.3 Å². The van der Waals surface area contributed by atoms with Crippen LogP contribution in [-0.4, -0.2) is 20.8 Å². The molecule has 2 aromatic rings. The lowest BCUT2D eigenvalue weighted by atomic mass is 10.1. The van der Waals surface area contributed by atoms with Gasteiger partial charge in [-0.05, 0) is 12.1 Å². The van der Waals surface area contributed by atoms with Gasteiger partial charge in [-0.3, -0.25) is 4.79 Å². The number of nitrogens with two attached hydrogens (primary N) is 1. The predicted molar refractivity (Wildman–Crippen MR) is 58.6 cm³/mol. The fourth-order valence-electron chi connectivity index (χ4n) is 1.41. The van der Waals surface area contributed by atoms with E-state index in [4.69, 9.17) is 5.73 Å². The van der Waals surface area contributed by atoms with Gasteiger partial charge in [0.25, 0.3) is 0 Å². The van der Waals surface area contributed by atoms with Crippen LogP contribution < -0.4 is 5.73 Å². The van der Waals surface area contributed by atoms with E-state index in [-0.39, 0.29) is 18.9 Å². The van der Waals surface area contributed by atoms with Crippen molar-refractivity contribution in [1.29, 1.82) is 0 Å². The van der Waals surface area contributed by atoms with Crippen LogP contribution in [0.4, 0.5) is 4.39 Å². The summed E-state index contributed by atoms with van der Waals surface area (Å²) in [7, 11) is 0. The molecule has 1 aromatic heterocycles. The van der Waals surface area contributed by atoms with Gasteiger partial charge in [-0.2, -0.15) is 0 Å². The first kappa shape index (κ1) is 11.4. The fraction of sp³-hybridized carbons (Fsp3) is 0.182. The summed E-state index contributed by atoms with van der Waals surface area (Å²) in [4.78, 5) is 11.8. The van der Waals surface area contributed by atoms with Crippen molar-refractivity contribution in [1.82, 2.24) is 15.0 Å². The van der Waals surface area contributed by atoms with Crippen molar-refractivity contribution in [3.05, 3.63) is 47.5 Å². The van der Waals surface area contributed by atoms with Crippen LogP contribution in [-0.2, 0) is 13.1 Å². The number of halogens is 1. The van der Waals surface area contributed by atoms with Gasteiger partial charge in [0.15, 0.2) is 5.78 Å². The fourth-order valence-corrected chi connectivity index (χ4v) is 1.41. The van der Waals surface area contributed by atoms with Gasteiger partial charge in [-0.15, -0.1) is 5.10 Å². The summed E-state index contributed by atoms with van der Waals surface area (Å²) in [6, 6.07) is 5.54. The molecule has 0 radical (unpaired) electrons. The Morgan fingerprint density at radius 3 is 2.94 bits per heavy atom. The molecule has 0 saturated carbocycles. The van der Waals surface area contributed by atoms with Crippen LogP contribution in [0, 0.1) is 5.82 Å². The van der Waals surface area contributed by atoms with E-state index in [0.29, 0.717) is 11.3 Å². The number of carbonyl (C=O) groups is 1. The second-order valence-electron chi connectivity index (χ2n) is 3.55. The number of Topliss-reactive ketones (excluding diaryl/α,β-unsaturated/α-hetero) is 1. The van der Waals surface area contributed by atoms with Crippen LogP contribution in [0.1, 0.15) is 16.1 Å². The first-order valence-electron chi connectivity index (χ1n) is 5.07. The first-order valence-corrected chi connectivity index (χ1v) is 5.07. The van der Waals surface area contributed by atoms with E-state index >= 15 is 0 Å². The lowest BCUT2D eigenvalue weighted by Gasteiger charge is -2.00. The van der Waals surface area contributed by atoms with Crippen LogP contribution in [0.2, 0.25) is 0 Å². The number of carbonyl (C=O) groups excluding carboxylic acids is 1. The van der Waals surface area contributed by atoms with Crippen LogP contribution >= 0.6 is 0 Å². The second kappa shape index (κ2) is 4.84. The number of aromatic nitrogens is 3. The van der Waals surface area contributed by atoms with E-state index in [1.807, 2.05) is 0 Å². The molecular weight excluding hydrogens is 223 g/mol. The largest absolute Gasteiger partial charge is 0.325 e. The molecule has 0 aliphatic carbocycles. The van der Waals surface area contributed by atoms with E-state index in [0.717, 1.165) is 0 Å².